The van der Waals surface area contributed by atoms with Crippen LogP contribution in [0.15, 0.2) is 30.3 Å². The van der Waals surface area contributed by atoms with Crippen LogP contribution in [0, 0.1) is 6.92 Å². The van der Waals surface area contributed by atoms with E-state index in [9.17, 15) is 4.79 Å². The monoisotopic (exact) mass is 369 g/mol. The number of halogens is 2. The molecular formula is C17H17Cl2NO4. The molecule has 0 radical (unpaired) electrons. The van der Waals surface area contributed by atoms with Gasteiger partial charge in [0.15, 0.2) is 6.61 Å². The predicted molar refractivity (Wildman–Crippen MR) is 94.9 cm³/mol. The second kappa shape index (κ2) is 8.13. The zero-order chi connectivity index (χ0) is 17.7. The smallest absolute Gasteiger partial charge is 0.262 e. The van der Waals surface area contributed by atoms with E-state index >= 15 is 0 Å². The first kappa shape index (κ1) is 18.2. The molecule has 2 rings (SSSR count). The summed E-state index contributed by atoms with van der Waals surface area (Å²) in [5.74, 6) is 1.20. The Kier molecular flexibility index (Phi) is 6.17. The summed E-state index contributed by atoms with van der Waals surface area (Å²) in [5, 5.41) is 3.59. The van der Waals surface area contributed by atoms with E-state index in [1.54, 1.807) is 44.4 Å². The zero-order valence-corrected chi connectivity index (χ0v) is 15.0. The van der Waals surface area contributed by atoms with Crippen LogP contribution >= 0.6 is 23.2 Å². The number of hydrogen-bond acceptors (Lipinski definition) is 4. The third-order valence-corrected chi connectivity index (χ3v) is 3.72. The van der Waals surface area contributed by atoms with Crippen molar-refractivity contribution < 1.29 is 19.0 Å². The molecule has 0 saturated carbocycles. The minimum Gasteiger partial charge on any atom is -0.497 e. The third-order valence-electron chi connectivity index (χ3n) is 3.22. The number of aryl methyl sites for hydroxylation is 1. The lowest BCUT2D eigenvalue weighted by molar-refractivity contribution is -0.118. The Hall–Kier alpha value is -2.11. The van der Waals surface area contributed by atoms with Gasteiger partial charge in [0.25, 0.3) is 5.91 Å². The molecule has 0 saturated heterocycles. The molecule has 0 fully saturated rings. The van der Waals surface area contributed by atoms with Gasteiger partial charge < -0.3 is 19.5 Å². The molecule has 0 unspecified atom stereocenters. The quantitative estimate of drug-likeness (QED) is 0.822. The van der Waals surface area contributed by atoms with Gasteiger partial charge >= 0.3 is 0 Å². The van der Waals surface area contributed by atoms with Crippen LogP contribution in [0.5, 0.6) is 17.2 Å². The van der Waals surface area contributed by atoms with Gasteiger partial charge in [0.05, 0.1) is 24.9 Å². The summed E-state index contributed by atoms with van der Waals surface area (Å²) in [6.45, 7) is 1.61. The lowest BCUT2D eigenvalue weighted by Crippen LogP contribution is -2.20. The first-order valence-corrected chi connectivity index (χ1v) is 7.80. The van der Waals surface area contributed by atoms with Gasteiger partial charge in [-0.2, -0.15) is 0 Å². The molecule has 0 spiro atoms. The molecule has 1 N–H and O–H groups in total. The van der Waals surface area contributed by atoms with E-state index in [0.717, 1.165) is 5.56 Å². The van der Waals surface area contributed by atoms with Crippen molar-refractivity contribution in [3.8, 4) is 17.2 Å². The number of nitrogens with one attached hydrogen (secondary N) is 1. The average molecular weight is 370 g/mol. The lowest BCUT2D eigenvalue weighted by atomic mass is 10.2. The second-order valence-electron chi connectivity index (χ2n) is 4.94. The second-order valence-corrected chi connectivity index (χ2v) is 5.78. The van der Waals surface area contributed by atoms with E-state index in [-0.39, 0.29) is 12.5 Å². The van der Waals surface area contributed by atoms with Crippen LogP contribution in [0.2, 0.25) is 10.0 Å². The average Bonchev–Trinajstić information content (AvgIpc) is 2.54. The fourth-order valence-electron chi connectivity index (χ4n) is 2.10. The van der Waals surface area contributed by atoms with Gasteiger partial charge in [-0.25, -0.2) is 0 Å². The van der Waals surface area contributed by atoms with Crippen molar-refractivity contribution in [3.05, 3.63) is 45.9 Å². The Morgan fingerprint density at radius 1 is 1.12 bits per heavy atom. The van der Waals surface area contributed by atoms with Gasteiger partial charge in [0.1, 0.15) is 17.2 Å². The molecule has 128 valence electrons. The first-order chi connectivity index (χ1) is 11.4. The topological polar surface area (TPSA) is 56.8 Å². The van der Waals surface area contributed by atoms with Crippen molar-refractivity contribution in [2.24, 2.45) is 0 Å². The van der Waals surface area contributed by atoms with Crippen LogP contribution < -0.4 is 19.5 Å². The van der Waals surface area contributed by atoms with Gasteiger partial charge in [0, 0.05) is 11.1 Å². The number of carbonyl (C=O) groups excluding carboxylic acids is 1. The molecule has 0 atom stereocenters. The van der Waals surface area contributed by atoms with E-state index < -0.39 is 0 Å². The third kappa shape index (κ3) is 4.46. The van der Waals surface area contributed by atoms with E-state index in [2.05, 4.69) is 5.32 Å². The number of anilines is 1. The minimum absolute atomic E-state index is 0.197. The summed E-state index contributed by atoms with van der Waals surface area (Å²) in [6.07, 6.45) is 0. The first-order valence-electron chi connectivity index (χ1n) is 7.05. The summed E-state index contributed by atoms with van der Waals surface area (Å²) >= 11 is 12.0. The number of rotatable bonds is 6. The highest BCUT2D eigenvalue weighted by Gasteiger charge is 2.12. The molecule has 7 heteroatoms. The Bertz CT molecular complexity index is 726. The molecule has 2 aromatic carbocycles. The van der Waals surface area contributed by atoms with Gasteiger partial charge in [0.2, 0.25) is 0 Å². The van der Waals surface area contributed by atoms with Crippen LogP contribution in [0.4, 0.5) is 5.69 Å². The Morgan fingerprint density at radius 3 is 2.50 bits per heavy atom. The Balaban J connectivity index is 2.04. The molecule has 0 aromatic heterocycles. The van der Waals surface area contributed by atoms with Crippen molar-refractivity contribution in [2.45, 2.75) is 6.92 Å². The molecule has 0 aliphatic heterocycles. The molecule has 0 aliphatic rings. The highest BCUT2D eigenvalue weighted by atomic mass is 35.5. The summed E-state index contributed by atoms with van der Waals surface area (Å²) in [6, 6.07) is 8.37. The number of benzene rings is 2. The van der Waals surface area contributed by atoms with Crippen LogP contribution in [-0.2, 0) is 4.79 Å². The van der Waals surface area contributed by atoms with E-state index in [4.69, 9.17) is 37.4 Å². The van der Waals surface area contributed by atoms with Crippen molar-refractivity contribution in [1.82, 2.24) is 0 Å². The standard InChI is InChI=1S/C17H17Cl2NO4/c1-10-6-11(18)7-13(19)17(10)24-9-16(21)20-14-5-4-12(22-2)8-15(14)23-3/h4-8H,9H2,1-3H3,(H,20,21). The van der Waals surface area contributed by atoms with E-state index in [1.807, 2.05) is 0 Å². The van der Waals surface area contributed by atoms with Crippen molar-refractivity contribution in [1.29, 1.82) is 0 Å². The summed E-state index contributed by atoms with van der Waals surface area (Å²) in [7, 11) is 3.07. The maximum Gasteiger partial charge on any atom is 0.262 e. The number of carbonyl (C=O) groups is 1. The number of hydrogen-bond donors (Lipinski definition) is 1. The van der Waals surface area contributed by atoms with Crippen LogP contribution in [-0.4, -0.2) is 26.7 Å². The Morgan fingerprint density at radius 2 is 1.88 bits per heavy atom. The molecule has 5 nitrogen and oxygen atoms in total. The molecule has 0 aliphatic carbocycles. The van der Waals surface area contributed by atoms with E-state index in [1.165, 1.54) is 7.11 Å². The van der Waals surface area contributed by atoms with Crippen molar-refractivity contribution >= 4 is 34.8 Å². The highest BCUT2D eigenvalue weighted by Crippen LogP contribution is 2.32. The highest BCUT2D eigenvalue weighted by molar-refractivity contribution is 6.35. The van der Waals surface area contributed by atoms with Crippen LogP contribution in [0.3, 0.4) is 0 Å². The Labute approximate surface area is 150 Å². The summed E-state index contributed by atoms with van der Waals surface area (Å²) in [5.41, 5.74) is 1.27. The fourth-order valence-corrected chi connectivity index (χ4v) is 2.75. The van der Waals surface area contributed by atoms with Crippen LogP contribution in [0.25, 0.3) is 0 Å². The predicted octanol–water partition coefficient (Wildman–Crippen LogP) is 4.34. The lowest BCUT2D eigenvalue weighted by Gasteiger charge is -2.13. The summed E-state index contributed by atoms with van der Waals surface area (Å²) < 4.78 is 15.9. The molecular weight excluding hydrogens is 353 g/mol. The number of amides is 1. The summed E-state index contributed by atoms with van der Waals surface area (Å²) in [4.78, 5) is 12.1. The molecule has 1 amide bonds. The van der Waals surface area contributed by atoms with Crippen molar-refractivity contribution in [3.63, 3.8) is 0 Å². The minimum atomic E-state index is -0.344. The number of ether oxygens (including phenoxy) is 3. The molecule has 0 bridgehead atoms. The van der Waals surface area contributed by atoms with E-state index in [0.29, 0.717) is 33.0 Å². The maximum absolute atomic E-state index is 12.1. The number of methoxy groups -OCH3 is 2. The zero-order valence-electron chi connectivity index (χ0n) is 13.5. The van der Waals surface area contributed by atoms with Gasteiger partial charge in [-0.15, -0.1) is 0 Å². The van der Waals surface area contributed by atoms with Gasteiger partial charge in [-0.1, -0.05) is 23.2 Å². The normalized spacial score (nSPS) is 10.2. The fraction of sp³-hybridized carbons (Fsp3) is 0.235. The van der Waals surface area contributed by atoms with Gasteiger partial charge in [-0.05, 0) is 36.8 Å². The van der Waals surface area contributed by atoms with Crippen molar-refractivity contribution in [2.75, 3.05) is 26.1 Å². The molecule has 0 heterocycles. The molecule has 24 heavy (non-hydrogen) atoms. The maximum atomic E-state index is 12.1. The van der Waals surface area contributed by atoms with Gasteiger partial charge in [-0.3, -0.25) is 4.79 Å². The molecule has 2 aromatic rings. The largest absolute Gasteiger partial charge is 0.497 e. The SMILES string of the molecule is COc1ccc(NC(=O)COc2c(C)cc(Cl)cc2Cl)c(OC)c1. The van der Waals surface area contributed by atoms with Crippen LogP contribution in [0.1, 0.15) is 5.56 Å².